The monoisotopic (exact) mass is 272 g/mol. The van der Waals surface area contributed by atoms with Gasteiger partial charge in [-0.3, -0.25) is 0 Å². The first-order valence-corrected chi connectivity index (χ1v) is 8.17. The van der Waals surface area contributed by atoms with Crippen LogP contribution in [0.2, 0.25) is 0 Å². The van der Waals surface area contributed by atoms with Crippen molar-refractivity contribution in [2.75, 3.05) is 11.5 Å². The Labute approximate surface area is 97.8 Å². The molecule has 0 amide bonds. The summed E-state index contributed by atoms with van der Waals surface area (Å²) in [5.41, 5.74) is 0. The van der Waals surface area contributed by atoms with Crippen molar-refractivity contribution < 1.29 is 16.8 Å². The van der Waals surface area contributed by atoms with Crippen LogP contribution in [-0.4, -0.2) is 28.3 Å². The lowest BCUT2D eigenvalue weighted by molar-refractivity contribution is 0.592. The summed E-state index contributed by atoms with van der Waals surface area (Å²) in [7, 11) is -6.49. The highest BCUT2D eigenvalue weighted by molar-refractivity contribution is 7.89. The van der Waals surface area contributed by atoms with Gasteiger partial charge in [0.25, 0.3) is 0 Å². The van der Waals surface area contributed by atoms with Crippen LogP contribution in [0.4, 0.5) is 0 Å². The lowest BCUT2D eigenvalue weighted by Crippen LogP contribution is -2.16. The molecule has 0 aromatic rings. The molecule has 0 aliphatic heterocycles. The predicted molar refractivity (Wildman–Crippen MR) is 65.7 cm³/mol. The van der Waals surface area contributed by atoms with Crippen LogP contribution >= 0.6 is 0 Å². The van der Waals surface area contributed by atoms with Gasteiger partial charge in [0.1, 0.15) is 0 Å². The molecule has 0 spiro atoms. The third-order valence-electron chi connectivity index (χ3n) is 1.38. The maximum absolute atomic E-state index is 10.3. The molecule has 0 fully saturated rings. The lowest BCUT2D eigenvalue weighted by atomic mass is 10.3. The zero-order valence-corrected chi connectivity index (χ0v) is 11.1. The minimum Gasteiger partial charge on any atom is -0.229 e. The molecule has 0 rings (SSSR count). The molecule has 16 heavy (non-hydrogen) atoms. The molecule has 0 atom stereocenters. The van der Waals surface area contributed by atoms with E-state index in [0.29, 0.717) is 6.42 Å². The van der Waals surface area contributed by atoms with Gasteiger partial charge in [0.15, 0.2) is 0 Å². The van der Waals surface area contributed by atoms with Crippen LogP contribution in [0, 0.1) is 0 Å². The largest absolute Gasteiger partial charge is 0.229 e. The standard InChI is InChI=1S/C5H13NO2S.C3H7NO2S/c1-2-3-4-5-9(6,7)8;1-2-3-7(4,5)6/h2-5H2,1H3,(H2,6,7,8);2H,1,3H2,(H2,4,5,6). The van der Waals surface area contributed by atoms with Crippen LogP contribution in [-0.2, 0) is 20.0 Å². The number of unbranched alkanes of at least 4 members (excludes halogenated alkanes) is 2. The van der Waals surface area contributed by atoms with Crippen molar-refractivity contribution in [2.45, 2.75) is 26.2 Å². The minimum atomic E-state index is -3.29. The Morgan fingerprint density at radius 2 is 1.56 bits per heavy atom. The Morgan fingerprint density at radius 3 is 1.75 bits per heavy atom. The lowest BCUT2D eigenvalue weighted by Gasteiger charge is -1.94. The summed E-state index contributed by atoms with van der Waals surface area (Å²) in [6.07, 6.45) is 3.90. The van der Waals surface area contributed by atoms with Gasteiger partial charge < -0.3 is 0 Å². The minimum absolute atomic E-state index is 0.126. The summed E-state index contributed by atoms with van der Waals surface area (Å²) in [4.78, 5) is 0. The zero-order chi connectivity index (χ0) is 13.2. The second-order valence-corrected chi connectivity index (χ2v) is 6.59. The highest BCUT2D eigenvalue weighted by Gasteiger charge is 1.99. The number of rotatable bonds is 6. The van der Waals surface area contributed by atoms with Crippen LogP contribution in [0.25, 0.3) is 0 Å². The highest BCUT2D eigenvalue weighted by Crippen LogP contribution is 1.94. The van der Waals surface area contributed by atoms with E-state index in [0.717, 1.165) is 12.8 Å². The Morgan fingerprint density at radius 1 is 1.06 bits per heavy atom. The van der Waals surface area contributed by atoms with E-state index in [4.69, 9.17) is 5.14 Å². The maximum atomic E-state index is 10.3. The van der Waals surface area contributed by atoms with E-state index in [1.165, 1.54) is 6.08 Å². The molecular weight excluding hydrogens is 252 g/mol. The summed E-state index contributed by atoms with van der Waals surface area (Å²) in [5, 5.41) is 9.30. The Kier molecular flexibility index (Phi) is 9.73. The number of sulfonamides is 2. The molecule has 0 bridgehead atoms. The molecule has 0 unspecified atom stereocenters. The zero-order valence-electron chi connectivity index (χ0n) is 9.42. The fourth-order valence-corrected chi connectivity index (χ4v) is 1.65. The maximum Gasteiger partial charge on any atom is 0.212 e. The SMILES string of the molecule is C=CCS(N)(=O)=O.CCCCCS(N)(=O)=O. The number of hydrogen-bond acceptors (Lipinski definition) is 4. The van der Waals surface area contributed by atoms with Gasteiger partial charge >= 0.3 is 0 Å². The van der Waals surface area contributed by atoms with Crippen LogP contribution in [0.5, 0.6) is 0 Å². The second kappa shape index (κ2) is 8.68. The van der Waals surface area contributed by atoms with Crippen LogP contribution in [0.3, 0.4) is 0 Å². The molecule has 0 aliphatic rings. The van der Waals surface area contributed by atoms with Gasteiger partial charge in [-0.2, -0.15) is 0 Å². The molecule has 0 aromatic carbocycles. The van der Waals surface area contributed by atoms with Crippen molar-refractivity contribution in [3.05, 3.63) is 12.7 Å². The first-order valence-electron chi connectivity index (χ1n) is 4.74. The van der Waals surface area contributed by atoms with Gasteiger partial charge in [0.2, 0.25) is 20.0 Å². The van der Waals surface area contributed by atoms with Crippen molar-refractivity contribution in [3.8, 4) is 0 Å². The van der Waals surface area contributed by atoms with E-state index in [2.05, 4.69) is 11.7 Å². The van der Waals surface area contributed by atoms with Gasteiger partial charge in [0, 0.05) is 0 Å². The topological polar surface area (TPSA) is 120 Å². The van der Waals surface area contributed by atoms with Gasteiger partial charge in [-0.15, -0.1) is 6.58 Å². The third-order valence-corrected chi connectivity index (χ3v) is 2.94. The number of hydrogen-bond donors (Lipinski definition) is 2. The third kappa shape index (κ3) is 23.4. The second-order valence-electron chi connectivity index (χ2n) is 3.19. The van der Waals surface area contributed by atoms with E-state index < -0.39 is 20.0 Å². The number of primary sulfonamides is 2. The molecular formula is C8H20N2O4S2. The van der Waals surface area contributed by atoms with E-state index in [-0.39, 0.29) is 11.5 Å². The molecule has 0 aliphatic carbocycles. The van der Waals surface area contributed by atoms with Crippen molar-refractivity contribution in [2.24, 2.45) is 10.3 Å². The molecule has 98 valence electrons. The van der Waals surface area contributed by atoms with Gasteiger partial charge in [-0.1, -0.05) is 25.8 Å². The summed E-state index contributed by atoms with van der Waals surface area (Å²) in [6, 6.07) is 0. The van der Waals surface area contributed by atoms with E-state index in [1.807, 2.05) is 6.92 Å². The Hall–Kier alpha value is -0.440. The quantitative estimate of drug-likeness (QED) is 0.519. The molecule has 0 heterocycles. The first-order chi connectivity index (χ1) is 7.12. The van der Waals surface area contributed by atoms with Gasteiger partial charge in [0.05, 0.1) is 11.5 Å². The molecule has 8 heteroatoms. The van der Waals surface area contributed by atoms with Crippen molar-refractivity contribution in [1.29, 1.82) is 0 Å². The fraction of sp³-hybridized carbons (Fsp3) is 0.750. The van der Waals surface area contributed by atoms with Crippen molar-refractivity contribution >= 4 is 20.0 Å². The Bertz CT molecular complexity index is 373. The average molecular weight is 272 g/mol. The summed E-state index contributed by atoms with van der Waals surface area (Å²) < 4.78 is 40.4. The van der Waals surface area contributed by atoms with Crippen LogP contribution in [0.15, 0.2) is 12.7 Å². The summed E-state index contributed by atoms with van der Waals surface area (Å²) in [6.45, 7) is 5.20. The Balaban J connectivity index is 0. The predicted octanol–water partition coefficient (Wildman–Crippen LogP) is -0.0740. The normalized spacial score (nSPS) is 11.4. The summed E-state index contributed by atoms with van der Waals surface area (Å²) in [5.74, 6) is -0.0200. The molecule has 0 saturated heterocycles. The van der Waals surface area contributed by atoms with E-state index in [9.17, 15) is 16.8 Å². The van der Waals surface area contributed by atoms with Gasteiger partial charge in [-0.05, 0) is 6.42 Å². The molecule has 6 nitrogen and oxygen atoms in total. The molecule has 0 saturated carbocycles. The molecule has 0 aromatic heterocycles. The molecule has 4 N–H and O–H groups in total. The van der Waals surface area contributed by atoms with Gasteiger partial charge in [-0.25, -0.2) is 27.1 Å². The summed E-state index contributed by atoms with van der Waals surface area (Å²) >= 11 is 0. The van der Waals surface area contributed by atoms with Crippen molar-refractivity contribution in [1.82, 2.24) is 0 Å². The highest BCUT2D eigenvalue weighted by atomic mass is 32.2. The van der Waals surface area contributed by atoms with Crippen molar-refractivity contribution in [3.63, 3.8) is 0 Å². The van der Waals surface area contributed by atoms with Crippen LogP contribution < -0.4 is 10.3 Å². The average Bonchev–Trinajstić information content (AvgIpc) is 2.01. The smallest absolute Gasteiger partial charge is 0.212 e. The number of nitrogens with two attached hydrogens (primary N) is 2. The van der Waals surface area contributed by atoms with E-state index >= 15 is 0 Å². The first kappa shape index (κ1) is 17.9. The molecule has 0 radical (unpaired) electrons. The van der Waals surface area contributed by atoms with E-state index in [1.54, 1.807) is 0 Å². The van der Waals surface area contributed by atoms with Crippen LogP contribution in [0.1, 0.15) is 26.2 Å². The fourth-order valence-electron chi connectivity index (χ4n) is 0.718.